The van der Waals surface area contributed by atoms with Crippen molar-refractivity contribution in [3.8, 4) is 5.75 Å². The average Bonchev–Trinajstić information content (AvgIpc) is 2.63. The van der Waals surface area contributed by atoms with Crippen LogP contribution in [0.5, 0.6) is 5.75 Å². The molecular weight excluding hydrogens is 368 g/mol. The standard InChI is InChI=1S/C22H36N4O3/c1-4-23-22(25-13-7-12-24-21(28)17-8-5-9-17)26-15-20(27)18-10-6-11-19(14-18)29-16(2)3/h6,10-11,14,16-17,20,27H,4-5,7-9,12-13,15H2,1-3H3,(H,24,28)(H2,23,25,26). The molecule has 0 spiro atoms. The SMILES string of the molecule is CCNC(=NCC(O)c1cccc(OC(C)C)c1)NCCCNC(=O)C1CCC1. The molecule has 1 fully saturated rings. The number of ether oxygens (including phenoxy) is 1. The monoisotopic (exact) mass is 404 g/mol. The molecule has 1 aliphatic carbocycles. The minimum Gasteiger partial charge on any atom is -0.491 e. The minimum absolute atomic E-state index is 0.0865. The van der Waals surface area contributed by atoms with E-state index in [4.69, 9.17) is 4.74 Å². The van der Waals surface area contributed by atoms with Gasteiger partial charge in [0.05, 0.1) is 18.8 Å². The number of guanidine groups is 1. The highest BCUT2D eigenvalue weighted by Crippen LogP contribution is 2.26. The van der Waals surface area contributed by atoms with Gasteiger partial charge in [-0.3, -0.25) is 9.79 Å². The lowest BCUT2D eigenvalue weighted by molar-refractivity contribution is -0.127. The van der Waals surface area contributed by atoms with Gasteiger partial charge in [0.1, 0.15) is 5.75 Å². The van der Waals surface area contributed by atoms with Crippen LogP contribution in [0, 0.1) is 5.92 Å². The number of aliphatic hydroxyl groups is 1. The second-order valence-electron chi connectivity index (χ2n) is 7.67. The molecule has 7 nitrogen and oxygen atoms in total. The predicted molar refractivity (Wildman–Crippen MR) is 116 cm³/mol. The van der Waals surface area contributed by atoms with Gasteiger partial charge >= 0.3 is 0 Å². The summed E-state index contributed by atoms with van der Waals surface area (Å²) >= 11 is 0. The maximum Gasteiger partial charge on any atom is 0.223 e. The van der Waals surface area contributed by atoms with Crippen molar-refractivity contribution in [2.75, 3.05) is 26.2 Å². The largest absolute Gasteiger partial charge is 0.491 e. The Bertz CT molecular complexity index is 659. The number of nitrogens with one attached hydrogen (secondary N) is 3. The maximum atomic E-state index is 11.8. The van der Waals surface area contributed by atoms with Crippen LogP contribution >= 0.6 is 0 Å². The van der Waals surface area contributed by atoms with E-state index >= 15 is 0 Å². The molecule has 0 saturated heterocycles. The summed E-state index contributed by atoms with van der Waals surface area (Å²) in [7, 11) is 0. The highest BCUT2D eigenvalue weighted by molar-refractivity contribution is 5.80. The smallest absolute Gasteiger partial charge is 0.223 e. The molecule has 0 heterocycles. The summed E-state index contributed by atoms with van der Waals surface area (Å²) in [4.78, 5) is 16.3. The Morgan fingerprint density at radius 3 is 2.66 bits per heavy atom. The Kier molecular flexibility index (Phi) is 9.77. The van der Waals surface area contributed by atoms with Gasteiger partial charge in [0.25, 0.3) is 0 Å². The molecule has 1 unspecified atom stereocenters. The number of carbonyl (C=O) groups is 1. The first-order valence-electron chi connectivity index (χ1n) is 10.7. The Morgan fingerprint density at radius 2 is 2.00 bits per heavy atom. The van der Waals surface area contributed by atoms with Gasteiger partial charge in [0, 0.05) is 25.6 Å². The van der Waals surface area contributed by atoms with Gasteiger partial charge in [-0.25, -0.2) is 0 Å². The molecule has 1 amide bonds. The van der Waals surface area contributed by atoms with E-state index in [9.17, 15) is 9.90 Å². The van der Waals surface area contributed by atoms with E-state index in [0.29, 0.717) is 19.0 Å². The summed E-state index contributed by atoms with van der Waals surface area (Å²) in [5.74, 6) is 1.82. The third kappa shape index (κ3) is 8.31. The van der Waals surface area contributed by atoms with E-state index in [1.54, 1.807) is 0 Å². The number of benzene rings is 1. The van der Waals surface area contributed by atoms with Crippen molar-refractivity contribution in [1.82, 2.24) is 16.0 Å². The molecule has 1 aromatic rings. The quantitative estimate of drug-likeness (QED) is 0.258. The number of hydrogen-bond donors (Lipinski definition) is 4. The second-order valence-corrected chi connectivity index (χ2v) is 7.67. The van der Waals surface area contributed by atoms with Gasteiger partial charge in [0.2, 0.25) is 5.91 Å². The van der Waals surface area contributed by atoms with Crippen molar-refractivity contribution < 1.29 is 14.6 Å². The van der Waals surface area contributed by atoms with Crippen molar-refractivity contribution in [2.24, 2.45) is 10.9 Å². The Balaban J connectivity index is 1.76. The Morgan fingerprint density at radius 1 is 1.24 bits per heavy atom. The lowest BCUT2D eigenvalue weighted by atomic mass is 9.85. The van der Waals surface area contributed by atoms with Crippen molar-refractivity contribution in [2.45, 2.75) is 58.7 Å². The van der Waals surface area contributed by atoms with Crippen LogP contribution in [0.15, 0.2) is 29.3 Å². The zero-order chi connectivity index (χ0) is 21.1. The van der Waals surface area contributed by atoms with E-state index in [1.165, 1.54) is 6.42 Å². The molecule has 4 N–H and O–H groups in total. The molecule has 1 atom stereocenters. The van der Waals surface area contributed by atoms with Crippen LogP contribution in [-0.4, -0.2) is 49.3 Å². The number of hydrogen-bond acceptors (Lipinski definition) is 4. The minimum atomic E-state index is -0.706. The summed E-state index contributed by atoms with van der Waals surface area (Å²) in [6.07, 6.45) is 3.42. The number of aliphatic hydroxyl groups excluding tert-OH is 1. The lowest BCUT2D eigenvalue weighted by Gasteiger charge is -2.24. The molecule has 0 aromatic heterocycles. The molecular formula is C22H36N4O3. The van der Waals surface area contributed by atoms with Crippen LogP contribution in [0.2, 0.25) is 0 Å². The fourth-order valence-electron chi connectivity index (χ4n) is 3.01. The maximum absolute atomic E-state index is 11.8. The van der Waals surface area contributed by atoms with Crippen LogP contribution in [0.4, 0.5) is 0 Å². The van der Waals surface area contributed by atoms with Crippen LogP contribution in [0.3, 0.4) is 0 Å². The van der Waals surface area contributed by atoms with Gasteiger partial charge in [-0.2, -0.15) is 0 Å². The van der Waals surface area contributed by atoms with Crippen LogP contribution in [-0.2, 0) is 4.79 Å². The summed E-state index contributed by atoms with van der Waals surface area (Å²) in [5, 5.41) is 19.9. The molecule has 0 radical (unpaired) electrons. The van der Waals surface area contributed by atoms with Crippen LogP contribution in [0.25, 0.3) is 0 Å². The van der Waals surface area contributed by atoms with Crippen LogP contribution < -0.4 is 20.7 Å². The van der Waals surface area contributed by atoms with Gasteiger partial charge in [-0.05, 0) is 57.7 Å². The first-order chi connectivity index (χ1) is 14.0. The average molecular weight is 405 g/mol. The number of aliphatic imine (C=N–C) groups is 1. The normalized spacial score (nSPS) is 15.6. The number of nitrogens with zero attached hydrogens (tertiary/aromatic N) is 1. The summed E-state index contributed by atoms with van der Waals surface area (Å²) < 4.78 is 5.69. The topological polar surface area (TPSA) is 95.0 Å². The Labute approximate surface area is 174 Å². The fourth-order valence-corrected chi connectivity index (χ4v) is 3.01. The second kappa shape index (κ2) is 12.3. The highest BCUT2D eigenvalue weighted by Gasteiger charge is 2.24. The van der Waals surface area contributed by atoms with Crippen LogP contribution in [0.1, 0.15) is 58.1 Å². The molecule has 29 heavy (non-hydrogen) atoms. The van der Waals surface area contributed by atoms with Crippen molar-refractivity contribution in [1.29, 1.82) is 0 Å². The highest BCUT2D eigenvalue weighted by atomic mass is 16.5. The zero-order valence-electron chi connectivity index (χ0n) is 17.9. The summed E-state index contributed by atoms with van der Waals surface area (Å²) in [6, 6.07) is 7.49. The van der Waals surface area contributed by atoms with Crippen molar-refractivity contribution in [3.05, 3.63) is 29.8 Å². The van der Waals surface area contributed by atoms with Gasteiger partial charge in [-0.15, -0.1) is 0 Å². The zero-order valence-corrected chi connectivity index (χ0v) is 17.9. The van der Waals surface area contributed by atoms with Crippen molar-refractivity contribution >= 4 is 11.9 Å². The first kappa shape index (κ1) is 23.0. The molecule has 0 aliphatic heterocycles. The predicted octanol–water partition coefficient (Wildman–Crippen LogP) is 2.37. The molecule has 7 heteroatoms. The number of amides is 1. The van der Waals surface area contributed by atoms with Gasteiger partial charge < -0.3 is 25.8 Å². The number of rotatable bonds is 11. The summed E-state index contributed by atoms with van der Waals surface area (Å²) in [5.41, 5.74) is 0.779. The third-order valence-corrected chi connectivity index (χ3v) is 4.80. The first-order valence-corrected chi connectivity index (χ1v) is 10.7. The number of carbonyl (C=O) groups excluding carboxylic acids is 1. The van der Waals surface area contributed by atoms with Gasteiger partial charge in [0.15, 0.2) is 5.96 Å². The summed E-state index contributed by atoms with van der Waals surface area (Å²) in [6.45, 7) is 8.29. The van der Waals surface area contributed by atoms with Gasteiger partial charge in [-0.1, -0.05) is 18.6 Å². The molecule has 0 bridgehead atoms. The van der Waals surface area contributed by atoms with E-state index in [1.807, 2.05) is 45.0 Å². The molecule has 1 aliphatic rings. The third-order valence-electron chi connectivity index (χ3n) is 4.80. The lowest BCUT2D eigenvalue weighted by Crippen LogP contribution is -2.40. The molecule has 1 aromatic carbocycles. The Hall–Kier alpha value is -2.28. The molecule has 162 valence electrons. The van der Waals surface area contributed by atoms with E-state index in [-0.39, 0.29) is 24.5 Å². The van der Waals surface area contributed by atoms with E-state index in [0.717, 1.165) is 37.1 Å². The van der Waals surface area contributed by atoms with E-state index in [2.05, 4.69) is 20.9 Å². The van der Waals surface area contributed by atoms with E-state index < -0.39 is 6.10 Å². The fraction of sp³-hybridized carbons (Fsp3) is 0.636. The molecule has 1 saturated carbocycles. The molecule has 2 rings (SSSR count). The van der Waals surface area contributed by atoms with Crippen molar-refractivity contribution in [3.63, 3.8) is 0 Å².